The number of hydrogen-bond donors (Lipinski definition) is 1. The van der Waals surface area contributed by atoms with Crippen LogP contribution in [0.5, 0.6) is 0 Å². The molecule has 2 aromatic heterocycles. The fourth-order valence-corrected chi connectivity index (χ4v) is 3.29. The van der Waals surface area contributed by atoms with Crippen LogP contribution in [0.3, 0.4) is 0 Å². The highest BCUT2D eigenvalue weighted by atomic mass is 32.1. The second-order valence-electron chi connectivity index (χ2n) is 4.76. The number of aromatic nitrogens is 2. The van der Waals surface area contributed by atoms with Crippen LogP contribution < -0.4 is 5.32 Å². The molecule has 0 atom stereocenters. The van der Waals surface area contributed by atoms with Gasteiger partial charge in [0.1, 0.15) is 10.6 Å². The molecule has 0 unspecified atom stereocenters. The Bertz CT molecular complexity index is 747. The number of rotatable bonds is 3. The molecule has 20 heavy (non-hydrogen) atoms. The van der Waals surface area contributed by atoms with Crippen molar-refractivity contribution in [3.8, 4) is 11.4 Å². The van der Waals surface area contributed by atoms with Crippen molar-refractivity contribution >= 4 is 27.4 Å². The number of hydrogen-bond acceptors (Lipinski definition) is 4. The van der Waals surface area contributed by atoms with Gasteiger partial charge >= 0.3 is 0 Å². The van der Waals surface area contributed by atoms with Gasteiger partial charge < -0.3 is 5.32 Å². The van der Waals surface area contributed by atoms with Crippen LogP contribution >= 0.6 is 11.3 Å². The number of nitrogens with zero attached hydrogens (tertiary/aromatic N) is 2. The zero-order valence-electron chi connectivity index (χ0n) is 11.9. The summed E-state index contributed by atoms with van der Waals surface area (Å²) in [5.41, 5.74) is 2.33. The smallest absolute Gasteiger partial charge is 0.163 e. The monoisotopic (exact) mass is 283 g/mol. The van der Waals surface area contributed by atoms with Gasteiger partial charge in [0.15, 0.2) is 5.82 Å². The van der Waals surface area contributed by atoms with Crippen molar-refractivity contribution in [3.63, 3.8) is 0 Å². The van der Waals surface area contributed by atoms with Crippen molar-refractivity contribution in [2.45, 2.75) is 20.8 Å². The summed E-state index contributed by atoms with van der Waals surface area (Å²) in [7, 11) is 0. The van der Waals surface area contributed by atoms with Crippen molar-refractivity contribution < 1.29 is 0 Å². The average molecular weight is 283 g/mol. The lowest BCUT2D eigenvalue weighted by Gasteiger charge is -2.08. The molecule has 0 aliphatic heterocycles. The number of nitrogens with one attached hydrogen (secondary N) is 1. The van der Waals surface area contributed by atoms with E-state index in [1.54, 1.807) is 11.3 Å². The summed E-state index contributed by atoms with van der Waals surface area (Å²) < 4.78 is 0. The molecule has 102 valence electrons. The minimum Gasteiger partial charge on any atom is -0.370 e. The lowest BCUT2D eigenvalue weighted by Crippen LogP contribution is -2.02. The Morgan fingerprint density at radius 1 is 1.10 bits per heavy atom. The van der Waals surface area contributed by atoms with E-state index in [0.717, 1.165) is 34.0 Å². The van der Waals surface area contributed by atoms with Gasteiger partial charge in [-0.15, -0.1) is 11.3 Å². The van der Waals surface area contributed by atoms with Gasteiger partial charge in [-0.3, -0.25) is 0 Å². The predicted octanol–water partition coefficient (Wildman–Crippen LogP) is 4.41. The molecule has 4 heteroatoms. The summed E-state index contributed by atoms with van der Waals surface area (Å²) in [5, 5.41) is 4.53. The minimum absolute atomic E-state index is 0.787. The molecule has 1 aromatic carbocycles. The minimum atomic E-state index is 0.787. The van der Waals surface area contributed by atoms with Crippen molar-refractivity contribution in [1.82, 2.24) is 9.97 Å². The fourth-order valence-electron chi connectivity index (χ4n) is 2.26. The average Bonchev–Trinajstić information content (AvgIpc) is 2.75. The maximum absolute atomic E-state index is 4.74. The van der Waals surface area contributed by atoms with Crippen LogP contribution in [-0.2, 0) is 0 Å². The van der Waals surface area contributed by atoms with E-state index in [9.17, 15) is 0 Å². The highest BCUT2D eigenvalue weighted by molar-refractivity contribution is 7.18. The highest BCUT2D eigenvalue weighted by Crippen LogP contribution is 2.34. The molecular formula is C16H17N3S. The Hall–Kier alpha value is -1.94. The summed E-state index contributed by atoms with van der Waals surface area (Å²) in [6, 6.07) is 10.1. The summed E-state index contributed by atoms with van der Waals surface area (Å²) in [4.78, 5) is 11.8. The summed E-state index contributed by atoms with van der Waals surface area (Å²) in [6.07, 6.45) is 0. The number of fused-ring (bicyclic) bond motifs is 1. The van der Waals surface area contributed by atoms with Crippen LogP contribution in [-0.4, -0.2) is 16.5 Å². The van der Waals surface area contributed by atoms with E-state index in [1.165, 1.54) is 10.4 Å². The second kappa shape index (κ2) is 5.21. The van der Waals surface area contributed by atoms with Gasteiger partial charge in [0, 0.05) is 17.0 Å². The van der Waals surface area contributed by atoms with Crippen molar-refractivity contribution in [1.29, 1.82) is 0 Å². The molecule has 3 nitrogen and oxygen atoms in total. The van der Waals surface area contributed by atoms with E-state index in [4.69, 9.17) is 9.97 Å². The van der Waals surface area contributed by atoms with E-state index in [1.807, 2.05) is 30.3 Å². The van der Waals surface area contributed by atoms with E-state index >= 15 is 0 Å². The molecule has 3 aromatic rings. The predicted molar refractivity (Wildman–Crippen MR) is 86.5 cm³/mol. The third kappa shape index (κ3) is 2.16. The van der Waals surface area contributed by atoms with Crippen molar-refractivity contribution in [2.75, 3.05) is 11.9 Å². The van der Waals surface area contributed by atoms with Crippen molar-refractivity contribution in [2.24, 2.45) is 0 Å². The molecule has 1 N–H and O–H groups in total. The molecule has 0 fully saturated rings. The number of thiophene rings is 1. The quantitative estimate of drug-likeness (QED) is 0.774. The van der Waals surface area contributed by atoms with Gasteiger partial charge in [-0.2, -0.15) is 0 Å². The molecular weight excluding hydrogens is 266 g/mol. The topological polar surface area (TPSA) is 37.8 Å². The van der Waals surface area contributed by atoms with Gasteiger partial charge in [0.05, 0.1) is 5.39 Å². The maximum atomic E-state index is 4.74. The standard InChI is InChI=1S/C16H17N3S/c1-4-17-15-13-10(2)11(3)20-16(13)19-14(18-15)12-8-6-5-7-9-12/h5-9H,4H2,1-3H3,(H,17,18,19). The maximum Gasteiger partial charge on any atom is 0.163 e. The normalized spacial score (nSPS) is 10.9. The molecule has 0 bridgehead atoms. The third-order valence-corrected chi connectivity index (χ3v) is 4.51. The lowest BCUT2D eigenvalue weighted by molar-refractivity contribution is 1.15. The molecule has 0 spiro atoms. The third-order valence-electron chi connectivity index (χ3n) is 3.40. The van der Waals surface area contributed by atoms with Crippen LogP contribution in [0.1, 0.15) is 17.4 Å². The highest BCUT2D eigenvalue weighted by Gasteiger charge is 2.14. The number of anilines is 1. The van der Waals surface area contributed by atoms with Gasteiger partial charge in [-0.25, -0.2) is 9.97 Å². The van der Waals surface area contributed by atoms with Crippen LogP contribution in [0.15, 0.2) is 30.3 Å². The molecule has 0 radical (unpaired) electrons. The van der Waals surface area contributed by atoms with E-state index in [0.29, 0.717) is 0 Å². The van der Waals surface area contributed by atoms with Gasteiger partial charge in [-0.1, -0.05) is 30.3 Å². The molecule has 0 saturated heterocycles. The molecule has 0 amide bonds. The summed E-state index contributed by atoms with van der Waals surface area (Å²) in [6.45, 7) is 7.22. The van der Waals surface area contributed by atoms with Crippen LogP contribution in [0.4, 0.5) is 5.82 Å². The lowest BCUT2D eigenvalue weighted by atomic mass is 10.2. The Morgan fingerprint density at radius 2 is 1.85 bits per heavy atom. The Labute approximate surface area is 122 Å². The SMILES string of the molecule is CCNc1nc(-c2ccccc2)nc2sc(C)c(C)c12. The first-order valence-corrected chi connectivity index (χ1v) is 7.59. The van der Waals surface area contributed by atoms with Crippen LogP contribution in [0.25, 0.3) is 21.6 Å². The summed E-state index contributed by atoms with van der Waals surface area (Å²) in [5.74, 6) is 1.73. The Morgan fingerprint density at radius 3 is 2.55 bits per heavy atom. The molecule has 0 aliphatic rings. The first-order chi connectivity index (χ1) is 9.70. The number of benzene rings is 1. The molecule has 0 saturated carbocycles. The van der Waals surface area contributed by atoms with E-state index < -0.39 is 0 Å². The van der Waals surface area contributed by atoms with Gasteiger partial charge in [0.25, 0.3) is 0 Å². The zero-order valence-corrected chi connectivity index (χ0v) is 12.7. The molecule has 0 aliphatic carbocycles. The van der Waals surface area contributed by atoms with E-state index in [-0.39, 0.29) is 0 Å². The first kappa shape index (κ1) is 13.1. The van der Waals surface area contributed by atoms with Gasteiger partial charge in [-0.05, 0) is 26.3 Å². The van der Waals surface area contributed by atoms with Gasteiger partial charge in [0.2, 0.25) is 0 Å². The Kier molecular flexibility index (Phi) is 3.40. The fraction of sp³-hybridized carbons (Fsp3) is 0.250. The Balaban J connectivity index is 2.26. The second-order valence-corrected chi connectivity index (χ2v) is 5.96. The molecule has 2 heterocycles. The molecule has 3 rings (SSSR count). The number of aryl methyl sites for hydroxylation is 2. The van der Waals surface area contributed by atoms with Crippen molar-refractivity contribution in [3.05, 3.63) is 40.8 Å². The van der Waals surface area contributed by atoms with Crippen LogP contribution in [0.2, 0.25) is 0 Å². The van der Waals surface area contributed by atoms with E-state index in [2.05, 4.69) is 26.1 Å². The first-order valence-electron chi connectivity index (χ1n) is 6.77. The summed E-state index contributed by atoms with van der Waals surface area (Å²) >= 11 is 1.74. The largest absolute Gasteiger partial charge is 0.370 e. The van der Waals surface area contributed by atoms with Crippen LogP contribution in [0, 0.1) is 13.8 Å². The zero-order chi connectivity index (χ0) is 14.1.